The molecule has 0 spiro atoms. The fraction of sp³-hybridized carbons (Fsp3) is 0.636. The van der Waals surface area contributed by atoms with Crippen LogP contribution in [0.5, 0.6) is 0 Å². The van der Waals surface area contributed by atoms with Crippen LogP contribution in [0.1, 0.15) is 13.3 Å². The minimum Gasteiger partial charge on any atom is -1.00 e. The summed E-state index contributed by atoms with van der Waals surface area (Å²) in [5.74, 6) is 0. The first-order valence-corrected chi connectivity index (χ1v) is 5.51. The quantitative estimate of drug-likeness (QED) is 0.411. The van der Waals surface area contributed by atoms with Gasteiger partial charge in [0.15, 0.2) is 0 Å². The van der Waals surface area contributed by atoms with Gasteiger partial charge in [-0.1, -0.05) is 0 Å². The summed E-state index contributed by atoms with van der Waals surface area (Å²) in [6.07, 6.45) is 6.41. The molecule has 1 aliphatic heterocycles. The standard InChI is InChI=1S/C11H18N3O2.HI/c1-9-10(4-7-16-9)13(3)11(15)14-6-5-12(2)8-14;/h5-6,8-10H,4,7H2,1-3H3;1H/q+1;/p-1. The highest BCUT2D eigenvalue weighted by molar-refractivity contribution is 5.76. The van der Waals surface area contributed by atoms with Crippen LogP contribution >= 0.6 is 0 Å². The van der Waals surface area contributed by atoms with Crippen molar-refractivity contribution >= 4 is 6.03 Å². The molecule has 0 N–H and O–H groups in total. The number of carbonyl (C=O) groups is 1. The predicted molar refractivity (Wildman–Crippen MR) is 58.0 cm³/mol. The second-order valence-corrected chi connectivity index (χ2v) is 4.31. The maximum absolute atomic E-state index is 12.1. The highest BCUT2D eigenvalue weighted by Gasteiger charge is 2.33. The zero-order chi connectivity index (χ0) is 11.7. The number of aryl methyl sites for hydroxylation is 1. The molecule has 2 unspecified atom stereocenters. The molecular weight excluding hydrogens is 333 g/mol. The van der Waals surface area contributed by atoms with E-state index in [0.717, 1.165) is 13.0 Å². The fourth-order valence-electron chi connectivity index (χ4n) is 2.12. The van der Waals surface area contributed by atoms with E-state index in [4.69, 9.17) is 4.74 Å². The molecule has 2 atom stereocenters. The number of carbonyl (C=O) groups excluding carboxylic acids is 1. The van der Waals surface area contributed by atoms with Crippen LogP contribution in [0.25, 0.3) is 0 Å². The van der Waals surface area contributed by atoms with Gasteiger partial charge >= 0.3 is 6.03 Å². The number of amides is 1. The Balaban J connectivity index is 0.00000144. The van der Waals surface area contributed by atoms with Crippen molar-refractivity contribution in [2.75, 3.05) is 13.7 Å². The first kappa shape index (κ1) is 14.4. The molecule has 5 nitrogen and oxygen atoms in total. The molecular formula is C11H18IN3O2. The number of aromatic nitrogens is 2. The lowest BCUT2D eigenvalue weighted by molar-refractivity contribution is -0.670. The minimum absolute atomic E-state index is 0. The van der Waals surface area contributed by atoms with Crippen molar-refractivity contribution < 1.29 is 38.1 Å². The average molecular weight is 351 g/mol. The fourth-order valence-corrected chi connectivity index (χ4v) is 2.12. The van der Waals surface area contributed by atoms with Crippen LogP contribution in [0, 0.1) is 0 Å². The van der Waals surface area contributed by atoms with E-state index in [1.165, 1.54) is 0 Å². The molecule has 1 aromatic rings. The number of ether oxygens (including phenoxy) is 1. The number of hydrogen-bond donors (Lipinski definition) is 0. The molecule has 1 fully saturated rings. The molecule has 1 aliphatic rings. The number of nitrogens with zero attached hydrogens (tertiary/aromatic N) is 3. The third kappa shape index (κ3) is 2.98. The summed E-state index contributed by atoms with van der Waals surface area (Å²) in [5, 5.41) is 0. The van der Waals surface area contributed by atoms with E-state index in [2.05, 4.69) is 0 Å². The van der Waals surface area contributed by atoms with Crippen LogP contribution in [0.15, 0.2) is 18.7 Å². The Hall–Kier alpha value is -0.630. The van der Waals surface area contributed by atoms with Crippen molar-refractivity contribution in [3.05, 3.63) is 18.7 Å². The Bertz CT molecular complexity index is 394. The smallest absolute Gasteiger partial charge is 0.415 e. The zero-order valence-electron chi connectivity index (χ0n) is 10.3. The van der Waals surface area contributed by atoms with Gasteiger partial charge in [0.1, 0.15) is 12.4 Å². The summed E-state index contributed by atoms with van der Waals surface area (Å²) in [4.78, 5) is 13.9. The van der Waals surface area contributed by atoms with Crippen molar-refractivity contribution in [3.63, 3.8) is 0 Å². The van der Waals surface area contributed by atoms with Gasteiger partial charge in [0.25, 0.3) is 6.33 Å². The molecule has 0 radical (unpaired) electrons. The summed E-state index contributed by atoms with van der Waals surface area (Å²) >= 11 is 0. The molecule has 2 rings (SSSR count). The summed E-state index contributed by atoms with van der Waals surface area (Å²) in [5.41, 5.74) is 0. The van der Waals surface area contributed by atoms with E-state index in [1.54, 1.807) is 22.0 Å². The van der Waals surface area contributed by atoms with Crippen LogP contribution in [0.3, 0.4) is 0 Å². The average Bonchev–Trinajstić information content (AvgIpc) is 2.85. The molecule has 6 heteroatoms. The molecule has 1 saturated heterocycles. The first-order valence-electron chi connectivity index (χ1n) is 5.51. The third-order valence-corrected chi connectivity index (χ3v) is 3.13. The Morgan fingerprint density at radius 1 is 1.59 bits per heavy atom. The second-order valence-electron chi connectivity index (χ2n) is 4.31. The van der Waals surface area contributed by atoms with Gasteiger partial charge in [0.2, 0.25) is 0 Å². The van der Waals surface area contributed by atoms with Crippen molar-refractivity contribution in [3.8, 4) is 0 Å². The molecule has 1 aromatic heterocycles. The minimum atomic E-state index is -0.0112. The molecule has 0 bridgehead atoms. The van der Waals surface area contributed by atoms with Crippen molar-refractivity contribution in [2.24, 2.45) is 7.05 Å². The molecule has 1 amide bonds. The topological polar surface area (TPSA) is 38.4 Å². The molecule has 17 heavy (non-hydrogen) atoms. The van der Waals surface area contributed by atoms with Crippen LogP contribution in [-0.2, 0) is 11.8 Å². The Labute approximate surface area is 118 Å². The van der Waals surface area contributed by atoms with Crippen molar-refractivity contribution in [1.29, 1.82) is 0 Å². The number of halogens is 1. The SMILES string of the molecule is CC1OCCC1N(C)C(=O)n1cc[n+](C)c1.[I-]. The van der Waals surface area contributed by atoms with Gasteiger partial charge in [-0.15, -0.1) is 0 Å². The highest BCUT2D eigenvalue weighted by atomic mass is 127. The zero-order valence-corrected chi connectivity index (χ0v) is 12.5. The van der Waals surface area contributed by atoms with E-state index >= 15 is 0 Å². The molecule has 0 aromatic carbocycles. The number of imidazole rings is 1. The van der Waals surface area contributed by atoms with Gasteiger partial charge in [-0.05, 0) is 13.3 Å². The van der Waals surface area contributed by atoms with Crippen LogP contribution in [0.4, 0.5) is 4.79 Å². The Morgan fingerprint density at radius 2 is 2.29 bits per heavy atom. The van der Waals surface area contributed by atoms with Crippen LogP contribution < -0.4 is 28.5 Å². The Morgan fingerprint density at radius 3 is 2.76 bits per heavy atom. The number of hydrogen-bond acceptors (Lipinski definition) is 2. The van der Waals surface area contributed by atoms with E-state index in [1.807, 2.05) is 31.8 Å². The maximum Gasteiger partial charge on any atom is 0.415 e. The highest BCUT2D eigenvalue weighted by Crippen LogP contribution is 2.18. The summed E-state index contributed by atoms with van der Waals surface area (Å²) < 4.78 is 8.91. The lowest BCUT2D eigenvalue weighted by Gasteiger charge is -2.24. The Kier molecular flexibility index (Phi) is 4.93. The summed E-state index contributed by atoms with van der Waals surface area (Å²) in [6, 6.07) is 0.170. The van der Waals surface area contributed by atoms with Crippen molar-refractivity contribution in [2.45, 2.75) is 25.5 Å². The molecule has 96 valence electrons. The number of rotatable bonds is 1. The van der Waals surface area contributed by atoms with E-state index < -0.39 is 0 Å². The van der Waals surface area contributed by atoms with Crippen LogP contribution in [0.2, 0.25) is 0 Å². The van der Waals surface area contributed by atoms with E-state index in [9.17, 15) is 4.79 Å². The van der Waals surface area contributed by atoms with Gasteiger partial charge < -0.3 is 33.6 Å². The molecule has 2 heterocycles. The summed E-state index contributed by atoms with van der Waals surface area (Å²) in [6.45, 7) is 2.75. The van der Waals surface area contributed by atoms with E-state index in [-0.39, 0.29) is 42.2 Å². The molecule has 0 saturated carbocycles. The third-order valence-electron chi connectivity index (χ3n) is 3.13. The lowest BCUT2D eigenvalue weighted by Crippen LogP contribution is -3.00. The monoisotopic (exact) mass is 351 g/mol. The number of likely N-dealkylation sites (N-methyl/N-ethyl adjacent to an activating group) is 1. The largest absolute Gasteiger partial charge is 1.00 e. The van der Waals surface area contributed by atoms with Crippen molar-refractivity contribution in [1.82, 2.24) is 9.47 Å². The first-order chi connectivity index (χ1) is 7.59. The maximum atomic E-state index is 12.1. The van der Waals surface area contributed by atoms with Crippen LogP contribution in [-0.4, -0.2) is 41.3 Å². The lowest BCUT2D eigenvalue weighted by atomic mass is 10.1. The van der Waals surface area contributed by atoms with Gasteiger partial charge in [-0.2, -0.15) is 4.57 Å². The van der Waals surface area contributed by atoms with Gasteiger partial charge in [-0.25, -0.2) is 9.36 Å². The second kappa shape index (κ2) is 5.81. The summed E-state index contributed by atoms with van der Waals surface area (Å²) in [7, 11) is 3.73. The normalized spacial score (nSPS) is 23.2. The van der Waals surface area contributed by atoms with E-state index in [0.29, 0.717) is 0 Å². The van der Waals surface area contributed by atoms with Gasteiger partial charge in [0.05, 0.1) is 19.2 Å². The predicted octanol–water partition coefficient (Wildman–Crippen LogP) is -2.61. The van der Waals surface area contributed by atoms with Gasteiger partial charge in [0, 0.05) is 13.7 Å². The van der Waals surface area contributed by atoms with Gasteiger partial charge in [-0.3, -0.25) is 0 Å². The molecule has 0 aliphatic carbocycles.